The third kappa shape index (κ3) is 4.54. The lowest BCUT2D eigenvalue weighted by molar-refractivity contribution is -0.113. The first-order valence-electron chi connectivity index (χ1n) is 11.0. The zero-order valence-corrected chi connectivity index (χ0v) is 19.6. The number of amides is 2. The summed E-state index contributed by atoms with van der Waals surface area (Å²) >= 11 is 5.98. The third-order valence-electron chi connectivity index (χ3n) is 5.76. The molecule has 174 valence electrons. The van der Waals surface area contributed by atoms with Crippen LogP contribution in [0.4, 0.5) is 17.2 Å². The molecule has 1 atom stereocenters. The second kappa shape index (κ2) is 9.48. The Kier molecular flexibility index (Phi) is 6.08. The van der Waals surface area contributed by atoms with Crippen LogP contribution in [-0.4, -0.2) is 21.6 Å². The van der Waals surface area contributed by atoms with E-state index in [0.29, 0.717) is 39.0 Å². The summed E-state index contributed by atoms with van der Waals surface area (Å²) in [5.74, 6) is -0.0472. The van der Waals surface area contributed by atoms with Gasteiger partial charge in [0.1, 0.15) is 17.4 Å². The maximum atomic E-state index is 13.5. The van der Waals surface area contributed by atoms with E-state index in [9.17, 15) is 9.59 Å². The molecule has 0 saturated heterocycles. The number of allylic oxidation sites excluding steroid dienone is 1. The van der Waals surface area contributed by atoms with Crippen molar-refractivity contribution in [1.82, 2.24) is 9.78 Å². The first kappa shape index (κ1) is 22.4. The van der Waals surface area contributed by atoms with Crippen LogP contribution in [0.15, 0.2) is 102 Å². The van der Waals surface area contributed by atoms with Crippen molar-refractivity contribution in [3.05, 3.63) is 119 Å². The Morgan fingerprint density at radius 3 is 2.14 bits per heavy atom. The Balaban J connectivity index is 1.52. The molecule has 7 nitrogen and oxygen atoms in total. The Bertz CT molecular complexity index is 1410. The largest absolute Gasteiger partial charge is 0.343 e. The van der Waals surface area contributed by atoms with Crippen molar-refractivity contribution < 1.29 is 9.59 Å². The van der Waals surface area contributed by atoms with Crippen LogP contribution < -0.4 is 16.0 Å². The van der Waals surface area contributed by atoms with Gasteiger partial charge in [0.2, 0.25) is 0 Å². The molecule has 2 amide bonds. The molecule has 2 heterocycles. The van der Waals surface area contributed by atoms with E-state index in [2.05, 4.69) is 21.0 Å². The number of carbonyl (C=O) groups excluding carboxylic acids is 2. The van der Waals surface area contributed by atoms with Gasteiger partial charge in [-0.3, -0.25) is 9.59 Å². The number of anilines is 3. The molecular formula is C27H22ClN5O2. The van der Waals surface area contributed by atoms with Gasteiger partial charge in [-0.25, -0.2) is 4.68 Å². The summed E-state index contributed by atoms with van der Waals surface area (Å²) in [6.45, 7) is 1.82. The van der Waals surface area contributed by atoms with E-state index >= 15 is 0 Å². The highest BCUT2D eigenvalue weighted by Crippen LogP contribution is 2.38. The van der Waals surface area contributed by atoms with E-state index in [-0.39, 0.29) is 11.8 Å². The second-order valence-corrected chi connectivity index (χ2v) is 8.55. The van der Waals surface area contributed by atoms with Crippen molar-refractivity contribution in [2.75, 3.05) is 16.0 Å². The summed E-state index contributed by atoms with van der Waals surface area (Å²) in [7, 11) is 0. The van der Waals surface area contributed by atoms with E-state index < -0.39 is 6.04 Å². The van der Waals surface area contributed by atoms with Crippen molar-refractivity contribution >= 4 is 40.6 Å². The van der Waals surface area contributed by atoms with Gasteiger partial charge in [-0.2, -0.15) is 5.10 Å². The number of benzene rings is 3. The Hall–Kier alpha value is -4.36. The van der Waals surface area contributed by atoms with Gasteiger partial charge in [0.25, 0.3) is 11.8 Å². The number of para-hydroxylation sites is 1. The third-order valence-corrected chi connectivity index (χ3v) is 6.01. The lowest BCUT2D eigenvalue weighted by Crippen LogP contribution is -2.32. The zero-order valence-electron chi connectivity index (χ0n) is 18.8. The summed E-state index contributed by atoms with van der Waals surface area (Å²) in [6.07, 6.45) is 1.52. The Labute approximate surface area is 207 Å². The molecule has 0 spiro atoms. The lowest BCUT2D eigenvalue weighted by Gasteiger charge is -2.30. The molecule has 5 rings (SSSR count). The number of aromatic nitrogens is 2. The Morgan fingerprint density at radius 2 is 1.46 bits per heavy atom. The molecule has 3 aromatic carbocycles. The first-order valence-corrected chi connectivity index (χ1v) is 11.4. The summed E-state index contributed by atoms with van der Waals surface area (Å²) in [6, 6.07) is 25.2. The molecule has 3 N–H and O–H groups in total. The van der Waals surface area contributed by atoms with Crippen LogP contribution in [0.2, 0.25) is 5.02 Å². The predicted molar refractivity (Wildman–Crippen MR) is 138 cm³/mol. The zero-order chi connectivity index (χ0) is 24.4. The molecule has 0 radical (unpaired) electrons. The molecule has 1 aromatic heterocycles. The molecule has 0 saturated carbocycles. The minimum atomic E-state index is -0.530. The van der Waals surface area contributed by atoms with Gasteiger partial charge in [-0.15, -0.1) is 0 Å². The molecule has 0 bridgehead atoms. The topological polar surface area (TPSA) is 88.0 Å². The van der Waals surface area contributed by atoms with Crippen molar-refractivity contribution in [2.24, 2.45) is 0 Å². The Morgan fingerprint density at radius 1 is 0.857 bits per heavy atom. The molecule has 4 aromatic rings. The fraction of sp³-hybridized carbons (Fsp3) is 0.0741. The average Bonchev–Trinajstić information content (AvgIpc) is 3.29. The molecule has 8 heteroatoms. The van der Waals surface area contributed by atoms with E-state index in [0.717, 1.165) is 5.56 Å². The van der Waals surface area contributed by atoms with Crippen molar-refractivity contribution in [3.8, 4) is 0 Å². The van der Waals surface area contributed by atoms with Crippen LogP contribution in [0, 0.1) is 0 Å². The monoisotopic (exact) mass is 483 g/mol. The number of nitrogens with one attached hydrogen (secondary N) is 3. The first-order chi connectivity index (χ1) is 17.0. The number of rotatable bonds is 5. The van der Waals surface area contributed by atoms with Crippen LogP contribution in [0.3, 0.4) is 0 Å². The van der Waals surface area contributed by atoms with Gasteiger partial charge >= 0.3 is 0 Å². The highest BCUT2D eigenvalue weighted by Gasteiger charge is 2.35. The van der Waals surface area contributed by atoms with Gasteiger partial charge in [-0.05, 0) is 48.9 Å². The predicted octanol–water partition coefficient (Wildman–Crippen LogP) is 5.72. The maximum absolute atomic E-state index is 13.5. The van der Waals surface area contributed by atoms with E-state index in [4.69, 9.17) is 11.6 Å². The number of carbonyl (C=O) groups is 2. The fourth-order valence-electron chi connectivity index (χ4n) is 4.11. The number of nitrogens with zero attached hydrogens (tertiary/aromatic N) is 2. The normalized spacial score (nSPS) is 14.6. The molecule has 35 heavy (non-hydrogen) atoms. The summed E-state index contributed by atoms with van der Waals surface area (Å²) in [4.78, 5) is 26.5. The van der Waals surface area contributed by atoms with Crippen molar-refractivity contribution in [2.45, 2.75) is 13.0 Å². The number of halogens is 1. The highest BCUT2D eigenvalue weighted by atomic mass is 35.5. The van der Waals surface area contributed by atoms with E-state index in [1.807, 2.05) is 67.6 Å². The molecule has 0 fully saturated rings. The fourth-order valence-corrected chi connectivity index (χ4v) is 4.24. The highest BCUT2D eigenvalue weighted by molar-refractivity contribution is 6.30. The molecule has 0 unspecified atom stereocenters. The van der Waals surface area contributed by atoms with Crippen LogP contribution in [0.25, 0.3) is 0 Å². The van der Waals surface area contributed by atoms with Gasteiger partial charge in [-0.1, -0.05) is 60.1 Å². The lowest BCUT2D eigenvalue weighted by atomic mass is 9.94. The minimum absolute atomic E-state index is 0.275. The number of fused-ring (bicyclic) bond motifs is 1. The minimum Gasteiger partial charge on any atom is -0.343 e. The summed E-state index contributed by atoms with van der Waals surface area (Å²) < 4.78 is 1.68. The van der Waals surface area contributed by atoms with E-state index in [1.54, 1.807) is 28.9 Å². The SMILES string of the molecule is CC1=C(C(=O)Nc2ccc(Cl)cc2)[C@H](c2ccccc2)n2ncc(C(=O)Nc3ccccc3)c2N1. The van der Waals surface area contributed by atoms with Crippen LogP contribution >= 0.6 is 11.6 Å². The molecule has 1 aliphatic heterocycles. The van der Waals surface area contributed by atoms with Gasteiger partial charge in [0.15, 0.2) is 0 Å². The quantitative estimate of drug-likeness (QED) is 0.339. The number of hydrogen-bond donors (Lipinski definition) is 3. The molecule has 0 aliphatic carbocycles. The van der Waals surface area contributed by atoms with Crippen LogP contribution in [0.1, 0.15) is 28.9 Å². The van der Waals surface area contributed by atoms with E-state index in [1.165, 1.54) is 6.20 Å². The van der Waals surface area contributed by atoms with Crippen molar-refractivity contribution in [1.29, 1.82) is 0 Å². The van der Waals surface area contributed by atoms with Gasteiger partial charge in [0.05, 0.1) is 11.8 Å². The average molecular weight is 484 g/mol. The molecular weight excluding hydrogens is 462 g/mol. The van der Waals surface area contributed by atoms with Gasteiger partial charge in [0, 0.05) is 22.1 Å². The summed E-state index contributed by atoms with van der Waals surface area (Å²) in [5.41, 5.74) is 3.69. The number of hydrogen-bond acceptors (Lipinski definition) is 4. The molecule has 1 aliphatic rings. The standard InChI is InChI=1S/C27H22ClN5O2/c1-17-23(27(35)32-21-14-12-19(28)13-15-21)24(18-8-4-2-5-9-18)33-25(30-17)22(16-29-33)26(34)31-20-10-6-3-7-11-20/h2-16,24,30H,1H3,(H,31,34)(H,32,35)/t24-/m0/s1. The maximum Gasteiger partial charge on any atom is 0.261 e. The van der Waals surface area contributed by atoms with Gasteiger partial charge < -0.3 is 16.0 Å². The van der Waals surface area contributed by atoms with Crippen LogP contribution in [0.5, 0.6) is 0 Å². The summed E-state index contributed by atoms with van der Waals surface area (Å²) in [5, 5.41) is 14.2. The van der Waals surface area contributed by atoms with Crippen molar-refractivity contribution in [3.63, 3.8) is 0 Å². The second-order valence-electron chi connectivity index (χ2n) is 8.11. The smallest absolute Gasteiger partial charge is 0.261 e. The van der Waals surface area contributed by atoms with Crippen LogP contribution in [-0.2, 0) is 4.79 Å².